The van der Waals surface area contributed by atoms with Crippen LogP contribution in [-0.2, 0) is 0 Å². The molecule has 0 heterocycles. The molecule has 104 valence electrons. The van der Waals surface area contributed by atoms with E-state index in [2.05, 4.69) is 21.2 Å². The summed E-state index contributed by atoms with van der Waals surface area (Å²) in [4.78, 5) is 12.1. The van der Waals surface area contributed by atoms with Gasteiger partial charge >= 0.3 is 0 Å². The minimum Gasteiger partial charge on any atom is -0.345 e. The van der Waals surface area contributed by atoms with E-state index >= 15 is 0 Å². The third-order valence-corrected chi connectivity index (χ3v) is 3.95. The number of nitrogens with one attached hydrogen (secondary N) is 1. The lowest BCUT2D eigenvalue weighted by atomic mass is 10.1. The molecule has 0 aliphatic rings. The van der Waals surface area contributed by atoms with Crippen LogP contribution < -0.4 is 5.32 Å². The predicted molar refractivity (Wildman–Crippen MR) is 81.4 cm³/mol. The Morgan fingerprint density at radius 3 is 2.60 bits per heavy atom. The van der Waals surface area contributed by atoms with E-state index in [-0.39, 0.29) is 16.6 Å². The van der Waals surface area contributed by atoms with Crippen LogP contribution in [0.5, 0.6) is 0 Å². The first-order chi connectivity index (χ1) is 9.50. The van der Waals surface area contributed by atoms with Crippen molar-refractivity contribution < 1.29 is 9.18 Å². The Morgan fingerprint density at radius 1 is 1.25 bits per heavy atom. The molecular formula is C15H12BrClFNO. The van der Waals surface area contributed by atoms with Gasteiger partial charge in [-0.2, -0.15) is 0 Å². The SMILES string of the molecule is C[C@H](NC(=O)c1c(F)cccc1Cl)c1ccccc1Br. The number of benzene rings is 2. The largest absolute Gasteiger partial charge is 0.345 e. The molecule has 0 aliphatic carbocycles. The highest BCUT2D eigenvalue weighted by Gasteiger charge is 2.18. The van der Waals surface area contributed by atoms with Gasteiger partial charge in [-0.05, 0) is 30.7 Å². The number of hydrogen-bond acceptors (Lipinski definition) is 1. The number of carbonyl (C=O) groups excluding carboxylic acids is 1. The fourth-order valence-corrected chi connectivity index (χ4v) is 2.76. The van der Waals surface area contributed by atoms with Gasteiger partial charge in [-0.3, -0.25) is 4.79 Å². The van der Waals surface area contributed by atoms with Crippen LogP contribution in [0.3, 0.4) is 0 Å². The van der Waals surface area contributed by atoms with Crippen molar-refractivity contribution in [3.8, 4) is 0 Å². The van der Waals surface area contributed by atoms with E-state index in [4.69, 9.17) is 11.6 Å². The molecule has 0 radical (unpaired) electrons. The molecule has 0 saturated heterocycles. The molecule has 1 amide bonds. The minimum atomic E-state index is -0.630. The number of hydrogen-bond donors (Lipinski definition) is 1. The summed E-state index contributed by atoms with van der Waals surface area (Å²) in [6, 6.07) is 11.4. The smallest absolute Gasteiger partial charge is 0.256 e. The van der Waals surface area contributed by atoms with Crippen molar-refractivity contribution in [2.75, 3.05) is 0 Å². The highest BCUT2D eigenvalue weighted by Crippen LogP contribution is 2.24. The molecular weight excluding hydrogens is 345 g/mol. The molecule has 1 atom stereocenters. The summed E-state index contributed by atoms with van der Waals surface area (Å²) in [5, 5.41) is 2.84. The molecule has 0 aromatic heterocycles. The average molecular weight is 357 g/mol. The molecule has 5 heteroatoms. The van der Waals surface area contributed by atoms with Crippen LogP contribution in [0.1, 0.15) is 28.9 Å². The van der Waals surface area contributed by atoms with Crippen molar-refractivity contribution in [3.63, 3.8) is 0 Å². The first-order valence-corrected chi connectivity index (χ1v) is 7.17. The van der Waals surface area contributed by atoms with Gasteiger partial charge in [-0.15, -0.1) is 0 Å². The molecule has 0 unspecified atom stereocenters. The molecule has 2 nitrogen and oxygen atoms in total. The third kappa shape index (κ3) is 3.19. The molecule has 20 heavy (non-hydrogen) atoms. The Labute approximate surface area is 130 Å². The normalized spacial score (nSPS) is 12.0. The molecule has 2 rings (SSSR count). The second-order valence-corrected chi connectivity index (χ2v) is 5.57. The standard InChI is InChI=1S/C15H12BrClFNO/c1-9(10-5-2-3-6-11(10)16)19-15(20)14-12(17)7-4-8-13(14)18/h2-9H,1H3,(H,19,20)/t9-/m0/s1. The summed E-state index contributed by atoms with van der Waals surface area (Å²) in [5.41, 5.74) is 0.779. The maximum absolute atomic E-state index is 13.7. The second-order valence-electron chi connectivity index (χ2n) is 4.31. The zero-order chi connectivity index (χ0) is 14.7. The van der Waals surface area contributed by atoms with Crippen LogP contribution in [0.4, 0.5) is 4.39 Å². The summed E-state index contributed by atoms with van der Waals surface area (Å²) in [5.74, 6) is -1.16. The maximum Gasteiger partial charge on any atom is 0.256 e. The van der Waals surface area contributed by atoms with Gasteiger partial charge in [0.1, 0.15) is 5.82 Å². The van der Waals surface area contributed by atoms with Crippen molar-refractivity contribution in [2.24, 2.45) is 0 Å². The zero-order valence-corrected chi connectivity index (χ0v) is 13.0. The van der Waals surface area contributed by atoms with Gasteiger partial charge < -0.3 is 5.32 Å². The van der Waals surface area contributed by atoms with E-state index in [9.17, 15) is 9.18 Å². The maximum atomic E-state index is 13.7. The van der Waals surface area contributed by atoms with Crippen LogP contribution in [0.25, 0.3) is 0 Å². The summed E-state index contributed by atoms with van der Waals surface area (Å²) in [7, 11) is 0. The topological polar surface area (TPSA) is 29.1 Å². The predicted octanol–water partition coefficient (Wildman–Crippen LogP) is 4.73. The molecule has 1 N–H and O–H groups in total. The van der Waals surface area contributed by atoms with Gasteiger partial charge in [0, 0.05) is 4.47 Å². The second kappa shape index (κ2) is 6.37. The van der Waals surface area contributed by atoms with Crippen LogP contribution in [0.15, 0.2) is 46.9 Å². The molecule has 0 bridgehead atoms. The number of rotatable bonds is 3. The molecule has 0 fully saturated rings. The summed E-state index contributed by atoms with van der Waals surface area (Å²) in [6.45, 7) is 1.83. The monoisotopic (exact) mass is 355 g/mol. The quantitative estimate of drug-likeness (QED) is 0.846. The van der Waals surface area contributed by atoms with E-state index in [0.717, 1.165) is 10.0 Å². The number of amides is 1. The van der Waals surface area contributed by atoms with Crippen LogP contribution >= 0.6 is 27.5 Å². The van der Waals surface area contributed by atoms with E-state index in [1.54, 1.807) is 0 Å². The van der Waals surface area contributed by atoms with E-state index in [0.29, 0.717) is 0 Å². The van der Waals surface area contributed by atoms with Crippen molar-refractivity contribution in [2.45, 2.75) is 13.0 Å². The first kappa shape index (κ1) is 15.0. The molecule has 0 spiro atoms. The van der Waals surface area contributed by atoms with Crippen molar-refractivity contribution >= 4 is 33.4 Å². The third-order valence-electron chi connectivity index (χ3n) is 2.91. The highest BCUT2D eigenvalue weighted by atomic mass is 79.9. The van der Waals surface area contributed by atoms with Crippen molar-refractivity contribution in [1.82, 2.24) is 5.32 Å². The lowest BCUT2D eigenvalue weighted by Gasteiger charge is -2.16. The van der Waals surface area contributed by atoms with Crippen LogP contribution in [-0.4, -0.2) is 5.91 Å². The summed E-state index contributed by atoms with van der Waals surface area (Å²) in [6.07, 6.45) is 0. The Kier molecular flexibility index (Phi) is 4.78. The van der Waals surface area contributed by atoms with Crippen molar-refractivity contribution in [1.29, 1.82) is 0 Å². The molecule has 0 saturated carbocycles. The summed E-state index contributed by atoms with van der Waals surface area (Å²) >= 11 is 9.30. The lowest BCUT2D eigenvalue weighted by Crippen LogP contribution is -2.28. The highest BCUT2D eigenvalue weighted by molar-refractivity contribution is 9.10. The Hall–Kier alpha value is -1.39. The fourth-order valence-electron chi connectivity index (χ4n) is 1.89. The van der Waals surface area contributed by atoms with Crippen LogP contribution in [0, 0.1) is 5.82 Å². The van der Waals surface area contributed by atoms with Gasteiger partial charge in [0.2, 0.25) is 0 Å². The zero-order valence-electron chi connectivity index (χ0n) is 10.7. The van der Waals surface area contributed by atoms with Gasteiger partial charge in [0.15, 0.2) is 0 Å². The minimum absolute atomic E-state index is 0.0989. The Balaban J connectivity index is 2.22. The lowest BCUT2D eigenvalue weighted by molar-refractivity contribution is 0.0936. The Bertz CT molecular complexity index is 627. The number of halogens is 3. The molecule has 2 aromatic rings. The molecule has 2 aromatic carbocycles. The van der Waals surface area contributed by atoms with Gasteiger partial charge in [-0.25, -0.2) is 4.39 Å². The Morgan fingerprint density at radius 2 is 1.95 bits per heavy atom. The molecule has 0 aliphatic heterocycles. The average Bonchev–Trinajstić information content (AvgIpc) is 2.38. The summed E-state index contributed by atoms with van der Waals surface area (Å²) < 4.78 is 14.6. The van der Waals surface area contributed by atoms with Gasteiger partial charge in [0.25, 0.3) is 5.91 Å². The van der Waals surface area contributed by atoms with Crippen molar-refractivity contribution in [3.05, 3.63) is 68.9 Å². The number of carbonyl (C=O) groups is 1. The fraction of sp³-hybridized carbons (Fsp3) is 0.133. The van der Waals surface area contributed by atoms with E-state index in [1.807, 2.05) is 31.2 Å². The first-order valence-electron chi connectivity index (χ1n) is 6.00. The van der Waals surface area contributed by atoms with Crippen LogP contribution in [0.2, 0.25) is 5.02 Å². The van der Waals surface area contributed by atoms with E-state index in [1.165, 1.54) is 18.2 Å². The van der Waals surface area contributed by atoms with Gasteiger partial charge in [0.05, 0.1) is 16.6 Å². The van der Waals surface area contributed by atoms with E-state index < -0.39 is 11.7 Å². The van der Waals surface area contributed by atoms with Gasteiger partial charge in [-0.1, -0.05) is 51.8 Å².